The number of rotatable bonds is 1. The molecule has 1 aromatic carbocycles. The first kappa shape index (κ1) is 15.3. The lowest BCUT2D eigenvalue weighted by atomic mass is 9.69. The third-order valence-electron chi connectivity index (χ3n) is 4.33. The van der Waals surface area contributed by atoms with Crippen molar-refractivity contribution in [3.8, 4) is 0 Å². The van der Waals surface area contributed by atoms with Gasteiger partial charge in [-0.2, -0.15) is 0 Å². The number of hydrogen-bond acceptors (Lipinski definition) is 3. The second kappa shape index (κ2) is 5.87. The lowest BCUT2D eigenvalue weighted by molar-refractivity contribution is 0.123. The van der Waals surface area contributed by atoms with E-state index in [1.165, 1.54) is 17.8 Å². The van der Waals surface area contributed by atoms with Crippen LogP contribution in [-0.4, -0.2) is 28.3 Å². The molecule has 22 heavy (non-hydrogen) atoms. The molecule has 0 spiro atoms. The molecule has 0 radical (unpaired) electrons. The summed E-state index contributed by atoms with van der Waals surface area (Å²) in [7, 11) is 0. The predicted octanol–water partition coefficient (Wildman–Crippen LogP) is 3.53. The minimum absolute atomic E-state index is 0.141. The molecule has 0 unspecified atom stereocenters. The van der Waals surface area contributed by atoms with E-state index in [1.807, 2.05) is 0 Å². The highest BCUT2D eigenvalue weighted by Crippen LogP contribution is 2.50. The van der Waals surface area contributed by atoms with Gasteiger partial charge in [0.25, 0.3) is 0 Å². The van der Waals surface area contributed by atoms with Crippen LogP contribution in [-0.2, 0) is 5.54 Å². The lowest BCUT2D eigenvalue weighted by Crippen LogP contribution is -2.46. The number of carbonyl (C=O) groups is 1. The Balaban J connectivity index is 2.07. The van der Waals surface area contributed by atoms with Gasteiger partial charge in [0.2, 0.25) is 0 Å². The van der Waals surface area contributed by atoms with Crippen LogP contribution in [0.3, 0.4) is 0 Å². The molecule has 1 amide bonds. The van der Waals surface area contributed by atoms with Gasteiger partial charge in [-0.15, -0.1) is 0 Å². The highest BCUT2D eigenvalue weighted by atomic mass is 32.2. The van der Waals surface area contributed by atoms with Crippen LogP contribution < -0.4 is 5.32 Å². The van der Waals surface area contributed by atoms with E-state index in [0.717, 1.165) is 0 Å². The van der Waals surface area contributed by atoms with Crippen LogP contribution in [0.4, 0.5) is 13.6 Å². The first-order valence-corrected chi connectivity index (χ1v) is 8.11. The Bertz CT molecular complexity index is 625. The topological polar surface area (TPSA) is 61.7 Å². The Hall–Kier alpha value is -1.63. The van der Waals surface area contributed by atoms with Crippen molar-refractivity contribution in [1.82, 2.24) is 5.32 Å². The molecule has 0 bridgehead atoms. The number of benzene rings is 1. The number of hydrogen-bond donors (Lipinski definition) is 2. The van der Waals surface area contributed by atoms with Crippen LogP contribution >= 0.6 is 11.8 Å². The Labute approximate surface area is 131 Å². The van der Waals surface area contributed by atoms with Crippen molar-refractivity contribution >= 4 is 23.0 Å². The number of nitrogens with zero attached hydrogens (tertiary/aromatic N) is 1. The summed E-state index contributed by atoms with van der Waals surface area (Å²) in [6, 6.07) is 6.36. The second-order valence-electron chi connectivity index (χ2n) is 5.63. The number of fused-ring (bicyclic) bond motifs is 1. The zero-order valence-electron chi connectivity index (χ0n) is 11.8. The Morgan fingerprint density at radius 1 is 1.45 bits per heavy atom. The monoisotopic (exact) mass is 326 g/mol. The van der Waals surface area contributed by atoms with Crippen LogP contribution in [0, 0.1) is 11.7 Å². The van der Waals surface area contributed by atoms with E-state index in [9.17, 15) is 13.6 Å². The maximum Gasteiger partial charge on any atom is 0.410 e. The molecule has 7 heteroatoms. The molecule has 3 atom stereocenters. The van der Waals surface area contributed by atoms with Crippen LogP contribution in [0.1, 0.15) is 24.8 Å². The fourth-order valence-electron chi connectivity index (χ4n) is 3.33. The van der Waals surface area contributed by atoms with Crippen LogP contribution in [0.2, 0.25) is 0 Å². The van der Waals surface area contributed by atoms with Gasteiger partial charge in [0.05, 0.1) is 5.54 Å². The summed E-state index contributed by atoms with van der Waals surface area (Å²) in [6.45, 7) is 0. The molecule has 1 saturated carbocycles. The lowest BCUT2D eigenvalue weighted by Gasteiger charge is -2.45. The Morgan fingerprint density at radius 3 is 2.95 bits per heavy atom. The van der Waals surface area contributed by atoms with Crippen LogP contribution in [0.15, 0.2) is 29.3 Å². The first-order chi connectivity index (χ1) is 10.5. The molecular formula is C15H16F2N2O2S. The van der Waals surface area contributed by atoms with Crippen LogP contribution in [0.5, 0.6) is 0 Å². The number of carboxylic acid groups (broad SMARTS) is 1. The molecule has 1 heterocycles. The Kier molecular flexibility index (Phi) is 4.08. The summed E-state index contributed by atoms with van der Waals surface area (Å²) in [5, 5.41) is 11.4. The third kappa shape index (κ3) is 2.69. The Morgan fingerprint density at radius 2 is 2.23 bits per heavy atom. The summed E-state index contributed by atoms with van der Waals surface area (Å²) in [4.78, 5) is 15.4. The van der Waals surface area contributed by atoms with Crippen molar-refractivity contribution in [3.63, 3.8) is 0 Å². The van der Waals surface area contributed by atoms with Crippen molar-refractivity contribution in [2.45, 2.75) is 31.0 Å². The van der Waals surface area contributed by atoms with Gasteiger partial charge < -0.3 is 5.11 Å². The van der Waals surface area contributed by atoms with E-state index in [2.05, 4.69) is 10.3 Å². The summed E-state index contributed by atoms with van der Waals surface area (Å²) in [5.74, 6) is 0.000979. The number of aliphatic imine (C=N–C) groups is 1. The molecule has 4 nitrogen and oxygen atoms in total. The number of amidine groups is 1. The van der Waals surface area contributed by atoms with E-state index in [4.69, 9.17) is 5.11 Å². The SMILES string of the molecule is O=C(O)NC1=N[C@@]2(c3ccccc3F)CC[C@H](F)C[C@H]2CS1. The summed E-state index contributed by atoms with van der Waals surface area (Å²) in [6.07, 6.45) is -1.10. The van der Waals surface area contributed by atoms with Crippen molar-refractivity contribution in [2.24, 2.45) is 10.9 Å². The molecule has 2 aliphatic rings. The summed E-state index contributed by atoms with van der Waals surface area (Å²) < 4.78 is 28.1. The number of halogens is 2. The molecule has 1 aliphatic heterocycles. The second-order valence-corrected chi connectivity index (χ2v) is 6.64. The molecular weight excluding hydrogens is 310 g/mol. The summed E-state index contributed by atoms with van der Waals surface area (Å²) >= 11 is 1.25. The van der Waals surface area contributed by atoms with Gasteiger partial charge in [0, 0.05) is 17.2 Å². The molecule has 2 N–H and O–H groups in total. The van der Waals surface area contributed by atoms with Gasteiger partial charge in [0.1, 0.15) is 12.0 Å². The smallest absolute Gasteiger partial charge is 0.410 e. The van der Waals surface area contributed by atoms with E-state index >= 15 is 0 Å². The van der Waals surface area contributed by atoms with E-state index < -0.39 is 17.8 Å². The molecule has 3 rings (SSSR count). The van der Waals surface area contributed by atoms with E-state index in [-0.39, 0.29) is 16.9 Å². The number of nitrogens with one attached hydrogen (secondary N) is 1. The predicted molar refractivity (Wildman–Crippen MR) is 81.4 cm³/mol. The fraction of sp³-hybridized carbons (Fsp3) is 0.467. The van der Waals surface area contributed by atoms with Crippen molar-refractivity contribution < 1.29 is 18.7 Å². The maximum absolute atomic E-state index is 14.3. The third-order valence-corrected chi connectivity index (χ3v) is 5.37. The molecule has 118 valence electrons. The largest absolute Gasteiger partial charge is 0.465 e. The van der Waals surface area contributed by atoms with Crippen molar-refractivity contribution in [1.29, 1.82) is 0 Å². The van der Waals surface area contributed by atoms with Gasteiger partial charge in [-0.05, 0) is 25.3 Å². The fourth-order valence-corrected chi connectivity index (χ4v) is 4.49. The normalized spacial score (nSPS) is 31.1. The quantitative estimate of drug-likeness (QED) is 0.830. The van der Waals surface area contributed by atoms with Gasteiger partial charge in [-0.1, -0.05) is 30.0 Å². The van der Waals surface area contributed by atoms with Crippen molar-refractivity contribution in [2.75, 3.05) is 5.75 Å². The van der Waals surface area contributed by atoms with E-state index in [0.29, 0.717) is 30.6 Å². The number of alkyl halides is 1. The minimum Gasteiger partial charge on any atom is -0.465 e. The van der Waals surface area contributed by atoms with Crippen LogP contribution in [0.25, 0.3) is 0 Å². The molecule has 1 aliphatic carbocycles. The van der Waals surface area contributed by atoms with Gasteiger partial charge >= 0.3 is 6.09 Å². The molecule has 0 saturated heterocycles. The number of thioether (sulfide) groups is 1. The van der Waals surface area contributed by atoms with Gasteiger partial charge in [-0.3, -0.25) is 10.3 Å². The summed E-state index contributed by atoms with van der Waals surface area (Å²) in [5.41, 5.74) is -0.450. The average Bonchev–Trinajstić information content (AvgIpc) is 2.47. The van der Waals surface area contributed by atoms with Crippen molar-refractivity contribution in [3.05, 3.63) is 35.6 Å². The van der Waals surface area contributed by atoms with Gasteiger partial charge in [0.15, 0.2) is 5.17 Å². The standard InChI is InChI=1S/C15H16F2N2O2S/c16-10-5-6-15(11-3-1-2-4-12(11)17)9(7-10)8-22-13(19-15)18-14(20)21/h1-4,9-10H,5-8H2,(H,18,19)(H,20,21)/t9-,10-,15-/m0/s1. The average molecular weight is 326 g/mol. The van der Waals surface area contributed by atoms with Gasteiger partial charge in [-0.25, -0.2) is 13.6 Å². The highest BCUT2D eigenvalue weighted by Gasteiger charge is 2.48. The molecule has 0 aromatic heterocycles. The highest BCUT2D eigenvalue weighted by molar-refractivity contribution is 8.13. The maximum atomic E-state index is 14.3. The van der Waals surface area contributed by atoms with E-state index in [1.54, 1.807) is 18.2 Å². The zero-order valence-corrected chi connectivity index (χ0v) is 12.6. The first-order valence-electron chi connectivity index (χ1n) is 7.13. The minimum atomic E-state index is -1.20. The molecule has 1 fully saturated rings. The molecule has 1 aromatic rings. The zero-order chi connectivity index (χ0) is 15.7. The number of amides is 1.